The fourth-order valence-electron chi connectivity index (χ4n) is 1.84. The molecule has 3 heteroatoms. The van der Waals surface area contributed by atoms with Crippen LogP contribution < -0.4 is 9.83 Å². The van der Waals surface area contributed by atoms with Crippen LogP contribution in [0.1, 0.15) is 25.0 Å². The van der Waals surface area contributed by atoms with E-state index in [1.54, 1.807) is 0 Å². The molecular weight excluding hydrogens is 255 g/mol. The predicted octanol–water partition coefficient (Wildman–Crippen LogP) is 3.99. The molecule has 0 heterocycles. The maximum absolute atomic E-state index is 12.1. The molecule has 2 nitrogen and oxygen atoms in total. The molecule has 1 atom stereocenters. The summed E-state index contributed by atoms with van der Waals surface area (Å²) in [6.07, 6.45) is 1.98. The molecule has 0 N–H and O–H groups in total. The van der Waals surface area contributed by atoms with Gasteiger partial charge in [0.2, 0.25) is 0 Å². The fourth-order valence-corrected chi connectivity index (χ4v) is 2.74. The minimum absolute atomic E-state index is 0.667. The summed E-state index contributed by atoms with van der Waals surface area (Å²) in [7, 11) is -2.21. The van der Waals surface area contributed by atoms with Crippen molar-refractivity contribution in [2.75, 3.05) is 0 Å². The summed E-state index contributed by atoms with van der Waals surface area (Å²) in [6.45, 7) is 4.21. The van der Waals surface area contributed by atoms with Gasteiger partial charge in [-0.3, -0.25) is 4.57 Å². The van der Waals surface area contributed by atoms with Gasteiger partial charge in [-0.05, 0) is 48.2 Å². The number of hydrogen-bond acceptors (Lipinski definition) is 2. The Bertz CT molecular complexity index is 544. The Hall–Kier alpha value is -1.53. The van der Waals surface area contributed by atoms with Gasteiger partial charge in [-0.15, -0.1) is 0 Å². The smallest absolute Gasteiger partial charge is 0.265 e. The zero-order valence-corrected chi connectivity index (χ0v) is 12.3. The van der Waals surface area contributed by atoms with Crippen molar-refractivity contribution >= 4 is 13.3 Å². The quantitative estimate of drug-likeness (QED) is 0.771. The van der Waals surface area contributed by atoms with Crippen molar-refractivity contribution in [1.29, 1.82) is 0 Å². The van der Waals surface area contributed by atoms with Crippen molar-refractivity contribution in [2.45, 2.75) is 26.7 Å². The molecule has 0 aliphatic carbocycles. The van der Waals surface area contributed by atoms with E-state index in [4.69, 9.17) is 4.52 Å². The van der Waals surface area contributed by atoms with Crippen molar-refractivity contribution in [3.63, 3.8) is 0 Å². The second-order valence-electron chi connectivity index (χ2n) is 4.44. The highest BCUT2D eigenvalue weighted by Crippen LogP contribution is 2.26. The van der Waals surface area contributed by atoms with Crippen LogP contribution in [0.4, 0.5) is 0 Å². The Morgan fingerprint density at radius 1 is 0.842 bits per heavy atom. The zero-order valence-electron chi connectivity index (χ0n) is 11.3. The van der Waals surface area contributed by atoms with Crippen LogP contribution in [0.15, 0.2) is 48.5 Å². The molecule has 0 saturated carbocycles. The van der Waals surface area contributed by atoms with Crippen LogP contribution >= 0.6 is 8.03 Å². The third-order valence-corrected chi connectivity index (χ3v) is 4.37. The molecule has 0 aromatic heterocycles. The Labute approximate surface area is 115 Å². The fraction of sp³-hybridized carbons (Fsp3) is 0.250. The molecule has 1 unspecified atom stereocenters. The normalized spacial score (nSPS) is 12.1. The monoisotopic (exact) mass is 274 g/mol. The molecule has 0 aliphatic rings. The molecule has 0 aliphatic heterocycles. The van der Waals surface area contributed by atoms with Crippen molar-refractivity contribution < 1.29 is 9.09 Å². The summed E-state index contributed by atoms with van der Waals surface area (Å²) in [5.41, 5.74) is 2.49. The van der Waals surface area contributed by atoms with E-state index in [2.05, 4.69) is 13.8 Å². The van der Waals surface area contributed by atoms with E-state index < -0.39 is 8.03 Å². The number of rotatable bonds is 5. The van der Waals surface area contributed by atoms with Crippen LogP contribution in [0, 0.1) is 0 Å². The molecule has 0 saturated heterocycles. The minimum atomic E-state index is -2.21. The number of aryl methyl sites for hydroxylation is 2. The Morgan fingerprint density at radius 2 is 1.32 bits per heavy atom. The third kappa shape index (κ3) is 3.71. The average molecular weight is 274 g/mol. The van der Waals surface area contributed by atoms with E-state index >= 15 is 0 Å². The Morgan fingerprint density at radius 3 is 1.79 bits per heavy atom. The van der Waals surface area contributed by atoms with Gasteiger partial charge < -0.3 is 4.52 Å². The maximum Gasteiger partial charge on any atom is 0.265 e. The lowest BCUT2D eigenvalue weighted by atomic mass is 10.2. The molecular formula is C16H19O2P. The molecule has 2 aromatic carbocycles. The number of hydrogen-bond donors (Lipinski definition) is 0. The molecule has 0 amide bonds. The van der Waals surface area contributed by atoms with Crippen LogP contribution in [-0.4, -0.2) is 0 Å². The summed E-state index contributed by atoms with van der Waals surface area (Å²) in [6, 6.07) is 15.5. The summed E-state index contributed by atoms with van der Waals surface area (Å²) in [5.74, 6) is 0.667. The number of benzene rings is 2. The SMILES string of the molecule is CCc1ccc(O[PH](=O)c2ccc(CC)cc2)cc1. The zero-order chi connectivity index (χ0) is 13.7. The predicted molar refractivity (Wildman–Crippen MR) is 80.9 cm³/mol. The van der Waals surface area contributed by atoms with Gasteiger partial charge in [0, 0.05) is 5.30 Å². The first kappa shape index (κ1) is 13.9. The van der Waals surface area contributed by atoms with Crippen LogP contribution in [0.3, 0.4) is 0 Å². The standard InChI is InChI=1S/C16H19O2P/c1-3-13-5-9-15(10-6-13)18-19(17)16-11-7-14(4-2)8-12-16/h5-12,19H,3-4H2,1-2H3. The second kappa shape index (κ2) is 6.58. The minimum Gasteiger partial charge on any atom is -0.442 e. The highest BCUT2D eigenvalue weighted by atomic mass is 31.1. The first-order chi connectivity index (χ1) is 9.22. The van der Waals surface area contributed by atoms with E-state index in [1.165, 1.54) is 11.1 Å². The van der Waals surface area contributed by atoms with Crippen LogP contribution in [0.5, 0.6) is 5.75 Å². The highest BCUT2D eigenvalue weighted by Gasteiger charge is 2.05. The van der Waals surface area contributed by atoms with Gasteiger partial charge in [-0.1, -0.05) is 38.1 Å². The molecule has 2 rings (SSSR count). The van der Waals surface area contributed by atoms with Gasteiger partial charge in [-0.2, -0.15) is 0 Å². The lowest BCUT2D eigenvalue weighted by molar-refractivity contribution is 0.514. The van der Waals surface area contributed by atoms with Gasteiger partial charge in [-0.25, -0.2) is 0 Å². The van der Waals surface area contributed by atoms with E-state index in [-0.39, 0.29) is 0 Å². The van der Waals surface area contributed by atoms with Gasteiger partial charge >= 0.3 is 0 Å². The highest BCUT2D eigenvalue weighted by molar-refractivity contribution is 7.48. The van der Waals surface area contributed by atoms with E-state index in [0.717, 1.165) is 18.1 Å². The topological polar surface area (TPSA) is 26.3 Å². The lowest BCUT2D eigenvalue weighted by Gasteiger charge is -2.07. The Balaban J connectivity index is 2.06. The third-order valence-electron chi connectivity index (χ3n) is 3.14. The van der Waals surface area contributed by atoms with E-state index in [9.17, 15) is 4.57 Å². The van der Waals surface area contributed by atoms with Gasteiger partial charge in [0.15, 0.2) is 0 Å². The summed E-state index contributed by atoms with van der Waals surface area (Å²) >= 11 is 0. The molecule has 0 spiro atoms. The molecule has 19 heavy (non-hydrogen) atoms. The lowest BCUT2D eigenvalue weighted by Crippen LogP contribution is -2.00. The molecule has 100 valence electrons. The maximum atomic E-state index is 12.1. The van der Waals surface area contributed by atoms with Gasteiger partial charge in [0.05, 0.1) is 0 Å². The average Bonchev–Trinajstić information content (AvgIpc) is 2.48. The Kier molecular flexibility index (Phi) is 4.81. The van der Waals surface area contributed by atoms with Crippen molar-refractivity contribution in [3.05, 3.63) is 59.7 Å². The van der Waals surface area contributed by atoms with E-state index in [1.807, 2.05) is 48.5 Å². The molecule has 2 aromatic rings. The van der Waals surface area contributed by atoms with Crippen LogP contribution in [0.25, 0.3) is 0 Å². The van der Waals surface area contributed by atoms with Gasteiger partial charge in [0.25, 0.3) is 8.03 Å². The summed E-state index contributed by atoms with van der Waals surface area (Å²) < 4.78 is 17.7. The molecule has 0 bridgehead atoms. The van der Waals surface area contributed by atoms with Crippen LogP contribution in [-0.2, 0) is 17.4 Å². The molecule has 0 radical (unpaired) electrons. The second-order valence-corrected chi connectivity index (χ2v) is 5.79. The van der Waals surface area contributed by atoms with Crippen LogP contribution in [0.2, 0.25) is 0 Å². The largest absolute Gasteiger partial charge is 0.442 e. The van der Waals surface area contributed by atoms with Crippen molar-refractivity contribution in [3.8, 4) is 5.75 Å². The van der Waals surface area contributed by atoms with Gasteiger partial charge in [0.1, 0.15) is 5.75 Å². The summed E-state index contributed by atoms with van der Waals surface area (Å²) in [4.78, 5) is 0. The molecule has 0 fully saturated rings. The van der Waals surface area contributed by atoms with E-state index in [0.29, 0.717) is 5.75 Å². The first-order valence-corrected chi connectivity index (χ1v) is 7.94. The van der Waals surface area contributed by atoms with Crippen molar-refractivity contribution in [1.82, 2.24) is 0 Å². The first-order valence-electron chi connectivity index (χ1n) is 6.63. The van der Waals surface area contributed by atoms with Crippen molar-refractivity contribution in [2.24, 2.45) is 0 Å². The summed E-state index contributed by atoms with van der Waals surface area (Å²) in [5, 5.41) is 0.766.